The number of hydrogen-bond donors (Lipinski definition) is 4. The highest BCUT2D eigenvalue weighted by atomic mass is 16.4. The first kappa shape index (κ1) is 13.9. The van der Waals surface area contributed by atoms with Gasteiger partial charge in [0, 0.05) is 19.2 Å². The Kier molecular flexibility index (Phi) is 5.06. The number of aliphatic hydroxyl groups is 1. The van der Waals surface area contributed by atoms with Gasteiger partial charge < -0.3 is 20.8 Å². The molecule has 0 radical (unpaired) electrons. The van der Waals surface area contributed by atoms with Gasteiger partial charge in [-0.3, -0.25) is 4.98 Å². The van der Waals surface area contributed by atoms with Crippen molar-refractivity contribution < 1.29 is 19.8 Å². The second-order valence-corrected chi connectivity index (χ2v) is 3.75. The predicted octanol–water partition coefficient (Wildman–Crippen LogP) is 0.347. The fourth-order valence-corrected chi connectivity index (χ4v) is 1.34. The molecule has 7 nitrogen and oxygen atoms in total. The van der Waals surface area contributed by atoms with Crippen molar-refractivity contribution in [1.29, 1.82) is 0 Å². The largest absolute Gasteiger partial charge is 0.480 e. The average Bonchev–Trinajstić information content (AvgIpc) is 2.28. The number of carboxylic acid groups (broad SMARTS) is 1. The van der Waals surface area contributed by atoms with E-state index in [0.717, 1.165) is 5.56 Å². The van der Waals surface area contributed by atoms with Crippen LogP contribution < -0.4 is 10.6 Å². The van der Waals surface area contributed by atoms with E-state index in [0.29, 0.717) is 5.69 Å². The Bertz CT molecular complexity index is 436. The molecule has 18 heavy (non-hydrogen) atoms. The number of pyridine rings is 1. The van der Waals surface area contributed by atoms with Gasteiger partial charge in [0.2, 0.25) is 0 Å². The second kappa shape index (κ2) is 6.55. The van der Waals surface area contributed by atoms with Crippen molar-refractivity contribution in [2.24, 2.45) is 0 Å². The Morgan fingerprint density at radius 1 is 1.44 bits per heavy atom. The number of amides is 2. The number of aromatic nitrogens is 1. The lowest BCUT2D eigenvalue weighted by Gasteiger charge is -2.13. The van der Waals surface area contributed by atoms with Gasteiger partial charge in [-0.1, -0.05) is 0 Å². The predicted molar refractivity (Wildman–Crippen MR) is 64.3 cm³/mol. The van der Waals surface area contributed by atoms with Crippen molar-refractivity contribution in [3.8, 4) is 0 Å². The van der Waals surface area contributed by atoms with Crippen LogP contribution in [0.1, 0.15) is 12.0 Å². The van der Waals surface area contributed by atoms with E-state index in [4.69, 9.17) is 10.2 Å². The Hall–Kier alpha value is -2.15. The van der Waals surface area contributed by atoms with E-state index in [2.05, 4.69) is 15.6 Å². The van der Waals surface area contributed by atoms with Crippen LogP contribution in [0.5, 0.6) is 0 Å². The van der Waals surface area contributed by atoms with Crippen LogP contribution in [0.15, 0.2) is 18.5 Å². The van der Waals surface area contributed by atoms with E-state index in [1.54, 1.807) is 12.3 Å². The number of nitrogens with zero attached hydrogens (tertiary/aromatic N) is 1. The number of carbonyl (C=O) groups is 2. The summed E-state index contributed by atoms with van der Waals surface area (Å²) < 4.78 is 0. The third-order valence-corrected chi connectivity index (χ3v) is 2.15. The number of aliphatic carboxylic acids is 1. The van der Waals surface area contributed by atoms with Gasteiger partial charge in [0.15, 0.2) is 0 Å². The molecule has 0 aliphatic rings. The molecule has 1 aromatic heterocycles. The zero-order chi connectivity index (χ0) is 13.5. The highest BCUT2D eigenvalue weighted by Gasteiger charge is 2.19. The summed E-state index contributed by atoms with van der Waals surface area (Å²) in [6.45, 7) is 1.51. The normalized spacial score (nSPS) is 11.7. The molecule has 0 spiro atoms. The Labute approximate surface area is 104 Å². The van der Waals surface area contributed by atoms with Crippen LogP contribution >= 0.6 is 0 Å². The lowest BCUT2D eigenvalue weighted by molar-refractivity contribution is -0.139. The van der Waals surface area contributed by atoms with Gasteiger partial charge in [0.05, 0.1) is 11.9 Å². The molecule has 7 heteroatoms. The minimum absolute atomic E-state index is 0.0468. The number of aliphatic hydroxyl groups excluding tert-OH is 1. The number of anilines is 1. The number of aryl methyl sites for hydroxylation is 1. The second-order valence-electron chi connectivity index (χ2n) is 3.75. The van der Waals surface area contributed by atoms with Crippen LogP contribution in [-0.2, 0) is 4.79 Å². The molecule has 2 amide bonds. The summed E-state index contributed by atoms with van der Waals surface area (Å²) in [5.41, 5.74) is 1.35. The molecule has 1 heterocycles. The first-order valence-corrected chi connectivity index (χ1v) is 5.35. The van der Waals surface area contributed by atoms with Crippen LogP contribution in [0, 0.1) is 6.92 Å². The summed E-state index contributed by atoms with van der Waals surface area (Å²) in [7, 11) is 0. The summed E-state index contributed by atoms with van der Waals surface area (Å²) in [6, 6.07) is -0.0648. The quantitative estimate of drug-likeness (QED) is 0.605. The monoisotopic (exact) mass is 253 g/mol. The van der Waals surface area contributed by atoms with Crippen LogP contribution in [0.3, 0.4) is 0 Å². The van der Waals surface area contributed by atoms with Crippen molar-refractivity contribution in [3.05, 3.63) is 24.0 Å². The molecular formula is C11H15N3O4. The molecular weight excluding hydrogens is 238 g/mol. The van der Waals surface area contributed by atoms with E-state index in [9.17, 15) is 9.59 Å². The van der Waals surface area contributed by atoms with Crippen molar-refractivity contribution in [1.82, 2.24) is 10.3 Å². The highest BCUT2D eigenvalue weighted by molar-refractivity contribution is 5.92. The topological polar surface area (TPSA) is 112 Å². The molecule has 98 valence electrons. The molecule has 0 aliphatic carbocycles. The number of rotatable bonds is 5. The van der Waals surface area contributed by atoms with Crippen LogP contribution in [0.25, 0.3) is 0 Å². The zero-order valence-electron chi connectivity index (χ0n) is 9.88. The number of nitrogens with one attached hydrogen (secondary N) is 2. The van der Waals surface area contributed by atoms with E-state index in [-0.39, 0.29) is 13.0 Å². The molecule has 0 saturated heterocycles. The molecule has 1 aromatic rings. The van der Waals surface area contributed by atoms with Gasteiger partial charge in [0.1, 0.15) is 6.04 Å². The molecule has 0 aromatic carbocycles. The van der Waals surface area contributed by atoms with E-state index in [1.807, 2.05) is 6.92 Å². The maximum atomic E-state index is 11.5. The molecule has 0 saturated carbocycles. The fraction of sp³-hybridized carbons (Fsp3) is 0.364. The summed E-state index contributed by atoms with van der Waals surface area (Å²) in [5.74, 6) is -1.19. The Morgan fingerprint density at radius 3 is 2.72 bits per heavy atom. The van der Waals surface area contributed by atoms with Gasteiger partial charge in [-0.15, -0.1) is 0 Å². The fourth-order valence-electron chi connectivity index (χ4n) is 1.34. The summed E-state index contributed by atoms with van der Waals surface area (Å²) in [5, 5.41) is 22.2. The molecule has 1 unspecified atom stereocenters. The minimum atomic E-state index is -1.19. The SMILES string of the molecule is Cc1cncc(NC(=O)NC(CCO)C(=O)O)c1. The van der Waals surface area contributed by atoms with Gasteiger partial charge >= 0.3 is 12.0 Å². The van der Waals surface area contributed by atoms with Crippen LogP contribution in [-0.4, -0.2) is 39.8 Å². The standard InChI is InChI=1S/C11H15N3O4/c1-7-4-8(6-12-5-7)13-11(18)14-9(2-3-15)10(16)17/h4-6,9,15H,2-3H2,1H3,(H,16,17)(H2,13,14,18). The minimum Gasteiger partial charge on any atom is -0.480 e. The molecule has 1 rings (SSSR count). The van der Waals surface area contributed by atoms with E-state index >= 15 is 0 Å². The van der Waals surface area contributed by atoms with Crippen molar-refractivity contribution >= 4 is 17.7 Å². The van der Waals surface area contributed by atoms with Crippen LogP contribution in [0.2, 0.25) is 0 Å². The first-order valence-electron chi connectivity index (χ1n) is 5.35. The summed E-state index contributed by atoms with van der Waals surface area (Å²) in [6.07, 6.45) is 3.04. The lowest BCUT2D eigenvalue weighted by Crippen LogP contribution is -2.43. The number of hydrogen-bond acceptors (Lipinski definition) is 4. The first-order chi connectivity index (χ1) is 8.52. The van der Waals surface area contributed by atoms with E-state index in [1.165, 1.54) is 6.20 Å². The molecule has 0 fully saturated rings. The third-order valence-electron chi connectivity index (χ3n) is 2.15. The van der Waals surface area contributed by atoms with Crippen molar-refractivity contribution in [3.63, 3.8) is 0 Å². The molecule has 1 atom stereocenters. The summed E-state index contributed by atoms with van der Waals surface area (Å²) >= 11 is 0. The third kappa shape index (κ3) is 4.38. The number of carbonyl (C=O) groups excluding carboxylic acids is 1. The number of carboxylic acids is 1. The lowest BCUT2D eigenvalue weighted by atomic mass is 10.2. The maximum absolute atomic E-state index is 11.5. The molecule has 0 aliphatic heterocycles. The zero-order valence-corrected chi connectivity index (χ0v) is 9.88. The summed E-state index contributed by atoms with van der Waals surface area (Å²) in [4.78, 5) is 26.2. The number of urea groups is 1. The Balaban J connectivity index is 2.57. The van der Waals surface area contributed by atoms with E-state index < -0.39 is 18.0 Å². The smallest absolute Gasteiger partial charge is 0.326 e. The van der Waals surface area contributed by atoms with Gasteiger partial charge in [-0.25, -0.2) is 9.59 Å². The van der Waals surface area contributed by atoms with Gasteiger partial charge in [-0.2, -0.15) is 0 Å². The van der Waals surface area contributed by atoms with Crippen LogP contribution in [0.4, 0.5) is 10.5 Å². The molecule has 0 bridgehead atoms. The van der Waals surface area contributed by atoms with Crippen molar-refractivity contribution in [2.75, 3.05) is 11.9 Å². The molecule has 4 N–H and O–H groups in total. The highest BCUT2D eigenvalue weighted by Crippen LogP contribution is 2.06. The maximum Gasteiger partial charge on any atom is 0.326 e. The average molecular weight is 253 g/mol. The van der Waals surface area contributed by atoms with Gasteiger partial charge in [-0.05, 0) is 18.6 Å². The Morgan fingerprint density at radius 2 is 2.17 bits per heavy atom. The van der Waals surface area contributed by atoms with Crippen molar-refractivity contribution in [2.45, 2.75) is 19.4 Å². The van der Waals surface area contributed by atoms with Gasteiger partial charge in [0.25, 0.3) is 0 Å².